The van der Waals surface area contributed by atoms with Gasteiger partial charge in [0.2, 0.25) is 0 Å². The van der Waals surface area contributed by atoms with E-state index in [2.05, 4.69) is 15.3 Å². The van der Waals surface area contributed by atoms with Crippen LogP contribution in [0, 0.1) is 6.92 Å². The summed E-state index contributed by atoms with van der Waals surface area (Å²) in [7, 11) is 0. The number of thiazole rings is 1. The maximum Gasteiger partial charge on any atom is 0.263 e. The topological polar surface area (TPSA) is 64.1 Å². The van der Waals surface area contributed by atoms with Gasteiger partial charge in [0, 0.05) is 19.3 Å². The van der Waals surface area contributed by atoms with E-state index in [1.807, 2.05) is 25.1 Å². The van der Waals surface area contributed by atoms with Gasteiger partial charge in [0.15, 0.2) is 0 Å². The molecule has 0 bridgehead atoms. The number of hydrogen-bond acceptors (Lipinski definition) is 5. The van der Waals surface area contributed by atoms with Crippen molar-refractivity contribution < 1.29 is 9.53 Å². The molecule has 0 radical (unpaired) electrons. The number of ether oxygens (including phenoxy) is 1. The highest BCUT2D eigenvalue weighted by Crippen LogP contribution is 2.26. The molecule has 2 aromatic rings. The average Bonchev–Trinajstić information content (AvgIpc) is 3.15. The van der Waals surface area contributed by atoms with Gasteiger partial charge in [0.05, 0.1) is 17.5 Å². The lowest BCUT2D eigenvalue weighted by Crippen LogP contribution is -2.31. The van der Waals surface area contributed by atoms with Crippen LogP contribution in [0.2, 0.25) is 0 Å². The lowest BCUT2D eigenvalue weighted by Gasteiger charge is -2.09. The molecule has 2 aromatic heterocycles. The van der Waals surface area contributed by atoms with E-state index in [0.29, 0.717) is 11.4 Å². The maximum atomic E-state index is 12.3. The molecule has 1 saturated heterocycles. The maximum absolute atomic E-state index is 12.3. The van der Waals surface area contributed by atoms with Crippen LogP contribution in [0.5, 0.6) is 0 Å². The molecule has 1 fully saturated rings. The molecule has 0 spiro atoms. The molecule has 5 nitrogen and oxygen atoms in total. The largest absolute Gasteiger partial charge is 0.376 e. The van der Waals surface area contributed by atoms with Crippen LogP contribution < -0.4 is 5.32 Å². The summed E-state index contributed by atoms with van der Waals surface area (Å²) in [5, 5.41) is 3.71. The molecule has 110 valence electrons. The molecule has 3 rings (SSSR count). The summed E-state index contributed by atoms with van der Waals surface area (Å²) in [5.41, 5.74) is 1.54. The van der Waals surface area contributed by atoms with Gasteiger partial charge in [-0.05, 0) is 31.9 Å². The molecule has 1 atom stereocenters. The predicted molar refractivity (Wildman–Crippen MR) is 81.4 cm³/mol. The minimum Gasteiger partial charge on any atom is -0.376 e. The second kappa shape index (κ2) is 6.32. The Labute approximate surface area is 127 Å². The molecule has 1 aliphatic rings. The van der Waals surface area contributed by atoms with Crippen LogP contribution in [0.25, 0.3) is 10.7 Å². The number of rotatable bonds is 4. The Balaban J connectivity index is 1.70. The van der Waals surface area contributed by atoms with E-state index in [4.69, 9.17) is 4.74 Å². The highest BCUT2D eigenvalue weighted by atomic mass is 32.1. The van der Waals surface area contributed by atoms with Crippen LogP contribution in [-0.4, -0.2) is 35.1 Å². The zero-order chi connectivity index (χ0) is 14.7. The first kappa shape index (κ1) is 14.2. The summed E-state index contributed by atoms with van der Waals surface area (Å²) in [5.74, 6) is -0.0809. The molecular weight excluding hydrogens is 286 g/mol. The summed E-state index contributed by atoms with van der Waals surface area (Å²) in [6.45, 7) is 3.21. The second-order valence-corrected chi connectivity index (χ2v) is 5.99. The number of carbonyl (C=O) groups excluding carboxylic acids is 1. The van der Waals surface area contributed by atoms with E-state index in [9.17, 15) is 4.79 Å². The molecule has 0 aliphatic carbocycles. The average molecular weight is 303 g/mol. The monoisotopic (exact) mass is 303 g/mol. The highest BCUT2D eigenvalue weighted by molar-refractivity contribution is 7.17. The van der Waals surface area contributed by atoms with Crippen LogP contribution >= 0.6 is 11.3 Å². The number of nitrogens with zero attached hydrogens (tertiary/aromatic N) is 2. The van der Waals surface area contributed by atoms with E-state index in [0.717, 1.165) is 35.8 Å². The lowest BCUT2D eigenvalue weighted by molar-refractivity contribution is 0.0860. The molecule has 0 unspecified atom stereocenters. The van der Waals surface area contributed by atoms with Gasteiger partial charge in [-0.2, -0.15) is 0 Å². The van der Waals surface area contributed by atoms with Crippen molar-refractivity contribution in [2.24, 2.45) is 0 Å². The quantitative estimate of drug-likeness (QED) is 0.942. The number of nitrogens with one attached hydrogen (secondary N) is 1. The van der Waals surface area contributed by atoms with Crippen LogP contribution in [-0.2, 0) is 4.74 Å². The zero-order valence-electron chi connectivity index (χ0n) is 11.8. The highest BCUT2D eigenvalue weighted by Gasteiger charge is 2.20. The summed E-state index contributed by atoms with van der Waals surface area (Å²) < 4.78 is 5.51. The lowest BCUT2D eigenvalue weighted by atomic mass is 10.2. The Kier molecular flexibility index (Phi) is 4.26. The van der Waals surface area contributed by atoms with E-state index in [1.54, 1.807) is 6.20 Å². The zero-order valence-corrected chi connectivity index (χ0v) is 12.7. The SMILES string of the molecule is Cc1nc(-c2ccccn2)sc1C(=O)NC[C@H]1CCCO1. The first-order valence-electron chi connectivity index (χ1n) is 7.02. The van der Waals surface area contributed by atoms with E-state index in [1.165, 1.54) is 11.3 Å². The Morgan fingerprint density at radius 3 is 3.14 bits per heavy atom. The first-order chi connectivity index (χ1) is 10.2. The van der Waals surface area contributed by atoms with Gasteiger partial charge < -0.3 is 10.1 Å². The van der Waals surface area contributed by atoms with Gasteiger partial charge in [-0.15, -0.1) is 11.3 Å². The molecule has 1 amide bonds. The minimum atomic E-state index is -0.0809. The van der Waals surface area contributed by atoms with Crippen LogP contribution in [0.4, 0.5) is 0 Å². The fraction of sp³-hybridized carbons (Fsp3) is 0.400. The van der Waals surface area contributed by atoms with Crippen molar-refractivity contribution in [1.29, 1.82) is 0 Å². The second-order valence-electron chi connectivity index (χ2n) is 4.99. The van der Waals surface area contributed by atoms with Crippen LogP contribution in [0.3, 0.4) is 0 Å². The number of aryl methyl sites for hydroxylation is 1. The van der Waals surface area contributed by atoms with Gasteiger partial charge in [0.1, 0.15) is 9.88 Å². The van der Waals surface area contributed by atoms with Crippen molar-refractivity contribution in [2.45, 2.75) is 25.9 Å². The molecule has 1 aliphatic heterocycles. The van der Waals surface area contributed by atoms with E-state index >= 15 is 0 Å². The molecule has 1 N–H and O–H groups in total. The van der Waals surface area contributed by atoms with Gasteiger partial charge in [0.25, 0.3) is 5.91 Å². The van der Waals surface area contributed by atoms with Crippen molar-refractivity contribution in [3.63, 3.8) is 0 Å². The van der Waals surface area contributed by atoms with Crippen LogP contribution in [0.1, 0.15) is 28.2 Å². The van der Waals surface area contributed by atoms with Crippen molar-refractivity contribution in [1.82, 2.24) is 15.3 Å². The summed E-state index contributed by atoms with van der Waals surface area (Å²) in [4.78, 5) is 21.6. The van der Waals surface area contributed by atoms with Crippen LogP contribution in [0.15, 0.2) is 24.4 Å². The number of pyridine rings is 1. The third-order valence-electron chi connectivity index (χ3n) is 3.40. The molecule has 6 heteroatoms. The third kappa shape index (κ3) is 3.28. The number of hydrogen-bond donors (Lipinski definition) is 1. The summed E-state index contributed by atoms with van der Waals surface area (Å²) in [6, 6.07) is 5.67. The Morgan fingerprint density at radius 2 is 2.43 bits per heavy atom. The predicted octanol–water partition coefficient (Wildman–Crippen LogP) is 2.42. The molecule has 3 heterocycles. The van der Waals surface area contributed by atoms with Crippen molar-refractivity contribution in [2.75, 3.05) is 13.2 Å². The molecule has 0 aromatic carbocycles. The summed E-state index contributed by atoms with van der Waals surface area (Å²) in [6.07, 6.45) is 3.96. The summed E-state index contributed by atoms with van der Waals surface area (Å²) >= 11 is 1.38. The van der Waals surface area contributed by atoms with Gasteiger partial charge in [-0.1, -0.05) is 6.07 Å². The van der Waals surface area contributed by atoms with Crippen molar-refractivity contribution >= 4 is 17.2 Å². The first-order valence-corrected chi connectivity index (χ1v) is 7.84. The third-order valence-corrected chi connectivity index (χ3v) is 4.58. The Bertz CT molecular complexity index is 621. The molecule has 21 heavy (non-hydrogen) atoms. The van der Waals surface area contributed by atoms with E-state index < -0.39 is 0 Å². The standard InChI is InChI=1S/C15H17N3O2S/c1-10-13(14(19)17-9-11-5-4-8-20-11)21-15(18-10)12-6-2-3-7-16-12/h2-3,6-7,11H,4-5,8-9H2,1H3,(H,17,19)/t11-/m1/s1. The normalized spacial score (nSPS) is 17.9. The number of carbonyl (C=O) groups is 1. The smallest absolute Gasteiger partial charge is 0.263 e. The number of amides is 1. The fourth-order valence-electron chi connectivity index (χ4n) is 2.30. The Hall–Kier alpha value is -1.79. The van der Waals surface area contributed by atoms with Crippen molar-refractivity contribution in [3.8, 4) is 10.7 Å². The van der Waals surface area contributed by atoms with Gasteiger partial charge in [-0.3, -0.25) is 9.78 Å². The van der Waals surface area contributed by atoms with E-state index in [-0.39, 0.29) is 12.0 Å². The Morgan fingerprint density at radius 1 is 1.52 bits per heavy atom. The number of aromatic nitrogens is 2. The molecular formula is C15H17N3O2S. The molecule has 0 saturated carbocycles. The van der Waals surface area contributed by atoms with Crippen molar-refractivity contribution in [3.05, 3.63) is 35.0 Å². The van der Waals surface area contributed by atoms with Gasteiger partial charge in [-0.25, -0.2) is 4.98 Å². The minimum absolute atomic E-state index is 0.0809. The van der Waals surface area contributed by atoms with Gasteiger partial charge >= 0.3 is 0 Å². The fourth-order valence-corrected chi connectivity index (χ4v) is 3.26.